The molecule has 2 N–H and O–H groups in total. The molecule has 0 aliphatic heterocycles. The second-order valence-electron chi connectivity index (χ2n) is 5.21. The van der Waals surface area contributed by atoms with Gasteiger partial charge in [-0.05, 0) is 46.8 Å². The predicted molar refractivity (Wildman–Crippen MR) is 107 cm³/mol. The van der Waals surface area contributed by atoms with Crippen LogP contribution >= 0.6 is 23.8 Å². The van der Waals surface area contributed by atoms with Gasteiger partial charge < -0.3 is 5.32 Å². The van der Waals surface area contributed by atoms with Crippen LogP contribution in [0.15, 0.2) is 66.9 Å². The molecule has 1 amide bonds. The zero-order chi connectivity index (χ0) is 17.6. The van der Waals surface area contributed by atoms with Gasteiger partial charge in [0.05, 0.1) is 11.9 Å². The maximum absolute atomic E-state index is 12.0. The minimum atomic E-state index is -0.313. The van der Waals surface area contributed by atoms with Crippen molar-refractivity contribution >= 4 is 57.4 Å². The Labute approximate surface area is 155 Å². The van der Waals surface area contributed by atoms with E-state index in [4.69, 9.17) is 23.8 Å². The number of amides is 1. The Morgan fingerprint density at radius 3 is 2.68 bits per heavy atom. The number of carbonyl (C=O) groups is 1. The van der Waals surface area contributed by atoms with Gasteiger partial charge in [-0.2, -0.15) is 0 Å². The summed E-state index contributed by atoms with van der Waals surface area (Å²) in [6.45, 7) is 0. The van der Waals surface area contributed by atoms with Crippen molar-refractivity contribution in [1.29, 1.82) is 0 Å². The number of halogens is 1. The van der Waals surface area contributed by atoms with Crippen LogP contribution in [0, 0.1) is 0 Å². The molecular weight excluding hydrogens is 354 g/mol. The van der Waals surface area contributed by atoms with Gasteiger partial charge in [0.15, 0.2) is 5.11 Å². The van der Waals surface area contributed by atoms with E-state index < -0.39 is 0 Å². The molecule has 0 bridgehead atoms. The highest BCUT2D eigenvalue weighted by Crippen LogP contribution is 2.19. The van der Waals surface area contributed by atoms with Gasteiger partial charge in [-0.3, -0.25) is 10.1 Å². The first-order valence-corrected chi connectivity index (χ1v) is 8.30. The fraction of sp³-hybridized carbons (Fsp3) is 0. The van der Waals surface area contributed by atoms with Gasteiger partial charge in [0, 0.05) is 6.08 Å². The first-order valence-electron chi connectivity index (χ1n) is 7.51. The molecule has 3 aromatic rings. The quantitative estimate of drug-likeness (QED) is 0.409. The SMILES string of the molecule is O=C(/C=C/c1cccc2ccccc12)NC(=S)Nc1ccc(Cl)nc1. The van der Waals surface area contributed by atoms with Crippen molar-refractivity contribution in [3.63, 3.8) is 0 Å². The van der Waals surface area contributed by atoms with Gasteiger partial charge in [0.1, 0.15) is 5.15 Å². The fourth-order valence-electron chi connectivity index (χ4n) is 2.33. The number of nitrogens with one attached hydrogen (secondary N) is 2. The molecule has 6 heteroatoms. The Balaban J connectivity index is 1.64. The van der Waals surface area contributed by atoms with Crippen LogP contribution in [0.4, 0.5) is 5.69 Å². The normalized spacial score (nSPS) is 10.8. The molecule has 0 atom stereocenters. The number of carbonyl (C=O) groups excluding carboxylic acids is 1. The fourth-order valence-corrected chi connectivity index (χ4v) is 2.66. The molecule has 0 aliphatic carbocycles. The molecule has 3 rings (SSSR count). The van der Waals surface area contributed by atoms with Gasteiger partial charge in [0.2, 0.25) is 5.91 Å². The van der Waals surface area contributed by atoms with Crippen LogP contribution in [0.1, 0.15) is 5.56 Å². The minimum Gasteiger partial charge on any atom is -0.331 e. The summed E-state index contributed by atoms with van der Waals surface area (Å²) >= 11 is 10.8. The maximum Gasteiger partial charge on any atom is 0.250 e. The average Bonchev–Trinajstić information content (AvgIpc) is 2.62. The zero-order valence-corrected chi connectivity index (χ0v) is 14.6. The molecule has 0 saturated carbocycles. The third-order valence-corrected chi connectivity index (χ3v) is 3.89. The van der Waals surface area contributed by atoms with Crippen molar-refractivity contribution in [2.75, 3.05) is 5.32 Å². The van der Waals surface area contributed by atoms with Crippen LogP contribution in [-0.2, 0) is 4.79 Å². The number of hydrogen-bond donors (Lipinski definition) is 2. The number of nitrogens with zero attached hydrogens (tertiary/aromatic N) is 1. The average molecular weight is 368 g/mol. The number of hydrogen-bond acceptors (Lipinski definition) is 3. The van der Waals surface area contributed by atoms with E-state index in [1.807, 2.05) is 42.5 Å². The lowest BCUT2D eigenvalue weighted by molar-refractivity contribution is -0.115. The Hall–Kier alpha value is -2.76. The second kappa shape index (κ2) is 7.88. The highest BCUT2D eigenvalue weighted by Gasteiger charge is 2.03. The zero-order valence-electron chi connectivity index (χ0n) is 13.1. The standard InChI is InChI=1S/C19H14ClN3OS/c20-17-10-9-15(12-21-17)22-19(25)23-18(24)11-8-14-6-3-5-13-4-1-2-7-16(13)14/h1-12H,(H2,22,23,24,25)/b11-8+. The van der Waals surface area contributed by atoms with Crippen molar-refractivity contribution in [1.82, 2.24) is 10.3 Å². The summed E-state index contributed by atoms with van der Waals surface area (Å²) in [5.74, 6) is -0.313. The van der Waals surface area contributed by atoms with Crippen LogP contribution in [-0.4, -0.2) is 16.0 Å². The minimum absolute atomic E-state index is 0.191. The molecule has 0 saturated heterocycles. The van der Waals surface area contributed by atoms with Crippen molar-refractivity contribution in [3.05, 3.63) is 77.6 Å². The summed E-state index contributed by atoms with van der Waals surface area (Å²) in [7, 11) is 0. The Morgan fingerprint density at radius 1 is 1.08 bits per heavy atom. The van der Waals surface area contributed by atoms with Gasteiger partial charge in [-0.1, -0.05) is 54.1 Å². The van der Waals surface area contributed by atoms with E-state index in [9.17, 15) is 4.79 Å². The monoisotopic (exact) mass is 367 g/mol. The first-order chi connectivity index (χ1) is 12.1. The number of anilines is 1. The van der Waals surface area contributed by atoms with Gasteiger partial charge >= 0.3 is 0 Å². The molecule has 0 spiro atoms. The van der Waals surface area contributed by atoms with E-state index >= 15 is 0 Å². The second-order valence-corrected chi connectivity index (χ2v) is 6.01. The molecule has 0 fully saturated rings. The van der Waals surface area contributed by atoms with E-state index in [-0.39, 0.29) is 11.0 Å². The molecule has 4 nitrogen and oxygen atoms in total. The molecule has 0 radical (unpaired) electrons. The number of benzene rings is 2. The number of pyridine rings is 1. The van der Waals surface area contributed by atoms with Gasteiger partial charge in [0.25, 0.3) is 0 Å². The number of aromatic nitrogens is 1. The van der Waals surface area contributed by atoms with E-state index in [0.29, 0.717) is 10.8 Å². The number of rotatable bonds is 3. The summed E-state index contributed by atoms with van der Waals surface area (Å²) in [5, 5.41) is 8.25. The highest BCUT2D eigenvalue weighted by atomic mass is 35.5. The van der Waals surface area contributed by atoms with E-state index in [0.717, 1.165) is 16.3 Å². The van der Waals surface area contributed by atoms with Crippen LogP contribution in [0.5, 0.6) is 0 Å². The molecule has 25 heavy (non-hydrogen) atoms. The van der Waals surface area contributed by atoms with Crippen LogP contribution in [0.25, 0.3) is 16.8 Å². The lowest BCUT2D eigenvalue weighted by Gasteiger charge is -2.07. The lowest BCUT2D eigenvalue weighted by Crippen LogP contribution is -2.32. The van der Waals surface area contributed by atoms with Crippen LogP contribution in [0.3, 0.4) is 0 Å². The highest BCUT2D eigenvalue weighted by molar-refractivity contribution is 7.80. The largest absolute Gasteiger partial charge is 0.331 e. The predicted octanol–water partition coefficient (Wildman–Crippen LogP) is 4.41. The molecular formula is C19H14ClN3OS. The Morgan fingerprint density at radius 2 is 1.88 bits per heavy atom. The van der Waals surface area contributed by atoms with Gasteiger partial charge in [-0.25, -0.2) is 4.98 Å². The summed E-state index contributed by atoms with van der Waals surface area (Å²) in [6, 6.07) is 17.3. The van der Waals surface area contributed by atoms with Crippen molar-refractivity contribution < 1.29 is 4.79 Å². The molecule has 124 valence electrons. The van der Waals surface area contributed by atoms with Crippen molar-refractivity contribution in [2.45, 2.75) is 0 Å². The molecule has 0 unspecified atom stereocenters. The maximum atomic E-state index is 12.0. The van der Waals surface area contributed by atoms with Crippen LogP contribution < -0.4 is 10.6 Å². The number of thiocarbonyl (C=S) groups is 1. The summed E-state index contributed by atoms with van der Waals surface area (Å²) in [5.41, 5.74) is 1.61. The smallest absolute Gasteiger partial charge is 0.250 e. The number of fused-ring (bicyclic) bond motifs is 1. The van der Waals surface area contributed by atoms with E-state index in [2.05, 4.69) is 15.6 Å². The molecule has 1 aromatic heterocycles. The van der Waals surface area contributed by atoms with E-state index in [1.165, 1.54) is 12.3 Å². The Kier molecular flexibility index (Phi) is 5.38. The summed E-state index contributed by atoms with van der Waals surface area (Å²) < 4.78 is 0. The van der Waals surface area contributed by atoms with Crippen molar-refractivity contribution in [3.8, 4) is 0 Å². The van der Waals surface area contributed by atoms with E-state index in [1.54, 1.807) is 18.2 Å². The van der Waals surface area contributed by atoms with Gasteiger partial charge in [-0.15, -0.1) is 0 Å². The molecule has 2 aromatic carbocycles. The van der Waals surface area contributed by atoms with Crippen LogP contribution in [0.2, 0.25) is 5.15 Å². The lowest BCUT2D eigenvalue weighted by atomic mass is 10.0. The third kappa shape index (κ3) is 4.62. The Bertz CT molecular complexity index is 949. The summed E-state index contributed by atoms with van der Waals surface area (Å²) in [6.07, 6.45) is 4.76. The molecule has 1 heterocycles. The summed E-state index contributed by atoms with van der Waals surface area (Å²) in [4.78, 5) is 16.0. The first kappa shape index (κ1) is 17.1. The van der Waals surface area contributed by atoms with Crippen molar-refractivity contribution in [2.24, 2.45) is 0 Å². The molecule has 0 aliphatic rings. The third-order valence-electron chi connectivity index (χ3n) is 3.46. The topological polar surface area (TPSA) is 54.0 Å².